The van der Waals surface area contributed by atoms with E-state index in [1.54, 1.807) is 18.2 Å². The van der Waals surface area contributed by atoms with E-state index in [-0.39, 0.29) is 12.7 Å². The first-order chi connectivity index (χ1) is 9.72. The summed E-state index contributed by atoms with van der Waals surface area (Å²) in [6.45, 7) is 2.43. The Hall–Kier alpha value is -2.04. The van der Waals surface area contributed by atoms with E-state index in [1.165, 1.54) is 6.42 Å². The van der Waals surface area contributed by atoms with Gasteiger partial charge in [-0.15, -0.1) is 0 Å². The molecule has 3 rings (SSSR count). The average molecular weight is 274 g/mol. The smallest absolute Gasteiger partial charge is 0.271 e. The fraction of sp³-hybridized carbons (Fsp3) is 0.467. The summed E-state index contributed by atoms with van der Waals surface area (Å²) in [6.07, 6.45) is 4.35. The first kappa shape index (κ1) is 13.0. The number of benzene rings is 1. The molecule has 106 valence electrons. The predicted octanol–water partition coefficient (Wildman–Crippen LogP) is 2.71. The highest BCUT2D eigenvalue weighted by Crippen LogP contribution is 2.32. The molecule has 1 aliphatic carbocycles. The van der Waals surface area contributed by atoms with Crippen LogP contribution in [-0.4, -0.2) is 18.4 Å². The van der Waals surface area contributed by atoms with Gasteiger partial charge >= 0.3 is 0 Å². The third-order valence-electron chi connectivity index (χ3n) is 3.70. The van der Waals surface area contributed by atoms with Gasteiger partial charge in [-0.1, -0.05) is 6.92 Å². The third kappa shape index (κ3) is 2.76. The molecule has 0 radical (unpaired) electrons. The van der Waals surface area contributed by atoms with Crippen LogP contribution in [0.1, 0.15) is 43.0 Å². The summed E-state index contributed by atoms with van der Waals surface area (Å²) < 4.78 is 10.5. The quantitative estimate of drug-likeness (QED) is 0.843. The number of hydrogen-bond acceptors (Lipinski definition) is 4. The van der Waals surface area contributed by atoms with Gasteiger partial charge in [-0.2, -0.15) is 5.10 Å². The monoisotopic (exact) mass is 274 g/mol. The highest BCUT2D eigenvalue weighted by Gasteiger charge is 2.17. The predicted molar refractivity (Wildman–Crippen MR) is 75.1 cm³/mol. The lowest BCUT2D eigenvalue weighted by molar-refractivity contribution is 0.0954. The maximum Gasteiger partial charge on any atom is 0.271 e. The Morgan fingerprint density at radius 3 is 3.05 bits per heavy atom. The Morgan fingerprint density at radius 2 is 2.20 bits per heavy atom. The van der Waals surface area contributed by atoms with Gasteiger partial charge in [-0.25, -0.2) is 5.43 Å². The van der Waals surface area contributed by atoms with E-state index in [4.69, 9.17) is 9.47 Å². The van der Waals surface area contributed by atoms with Crippen LogP contribution in [0.5, 0.6) is 11.5 Å². The maximum absolute atomic E-state index is 12.1. The van der Waals surface area contributed by atoms with Crippen molar-refractivity contribution in [2.75, 3.05) is 6.79 Å². The number of amides is 1. The van der Waals surface area contributed by atoms with Crippen LogP contribution >= 0.6 is 0 Å². The molecular weight excluding hydrogens is 256 g/mol. The SMILES string of the molecule is CC1CCC/C(=N\NC(=O)c2ccc3c(c2)OCO3)C1. The largest absolute Gasteiger partial charge is 0.454 e. The van der Waals surface area contributed by atoms with Crippen molar-refractivity contribution in [3.63, 3.8) is 0 Å². The van der Waals surface area contributed by atoms with Crippen LogP contribution in [-0.2, 0) is 0 Å². The van der Waals surface area contributed by atoms with Crippen LogP contribution in [0.25, 0.3) is 0 Å². The van der Waals surface area contributed by atoms with Gasteiger partial charge in [0, 0.05) is 11.3 Å². The standard InChI is InChI=1S/C15H18N2O3/c1-10-3-2-4-12(7-10)16-17-15(18)11-5-6-13-14(8-11)20-9-19-13/h5-6,8,10H,2-4,7,9H2,1H3,(H,17,18)/b16-12+. The summed E-state index contributed by atoms with van der Waals surface area (Å²) in [4.78, 5) is 12.1. The van der Waals surface area contributed by atoms with Gasteiger partial charge in [0.2, 0.25) is 6.79 Å². The van der Waals surface area contributed by atoms with Crippen molar-refractivity contribution < 1.29 is 14.3 Å². The molecule has 1 atom stereocenters. The van der Waals surface area contributed by atoms with Crippen LogP contribution in [0.3, 0.4) is 0 Å². The fourth-order valence-corrected chi connectivity index (χ4v) is 2.59. The van der Waals surface area contributed by atoms with Gasteiger partial charge in [0.05, 0.1) is 0 Å². The Bertz CT molecular complexity index is 554. The molecule has 20 heavy (non-hydrogen) atoms. The summed E-state index contributed by atoms with van der Waals surface area (Å²) in [5.41, 5.74) is 4.24. The summed E-state index contributed by atoms with van der Waals surface area (Å²) in [5.74, 6) is 1.73. The number of nitrogens with zero attached hydrogens (tertiary/aromatic N) is 1. The van der Waals surface area contributed by atoms with Crippen LogP contribution in [0.2, 0.25) is 0 Å². The molecule has 1 aromatic carbocycles. The number of fused-ring (bicyclic) bond motifs is 1. The highest BCUT2D eigenvalue weighted by molar-refractivity contribution is 5.96. The zero-order valence-electron chi connectivity index (χ0n) is 11.5. The van der Waals surface area contributed by atoms with Gasteiger partial charge < -0.3 is 9.47 Å². The van der Waals surface area contributed by atoms with Gasteiger partial charge in [-0.05, 0) is 49.8 Å². The zero-order valence-corrected chi connectivity index (χ0v) is 11.5. The lowest BCUT2D eigenvalue weighted by Gasteiger charge is -2.18. The number of carbonyl (C=O) groups is 1. The van der Waals surface area contributed by atoms with E-state index < -0.39 is 0 Å². The molecule has 2 aliphatic rings. The molecule has 1 N–H and O–H groups in total. The van der Waals surface area contributed by atoms with Gasteiger partial charge in [0.1, 0.15) is 0 Å². The molecule has 1 aliphatic heterocycles. The molecule has 0 spiro atoms. The van der Waals surface area contributed by atoms with Crippen molar-refractivity contribution in [1.82, 2.24) is 5.43 Å². The Kier molecular flexibility index (Phi) is 3.58. The molecular formula is C15H18N2O3. The summed E-state index contributed by atoms with van der Waals surface area (Å²) >= 11 is 0. The number of hydrazone groups is 1. The second kappa shape index (κ2) is 5.53. The summed E-state index contributed by atoms with van der Waals surface area (Å²) in [7, 11) is 0. The first-order valence-corrected chi connectivity index (χ1v) is 6.98. The van der Waals surface area contributed by atoms with Gasteiger partial charge in [0.15, 0.2) is 11.5 Å². The lowest BCUT2D eigenvalue weighted by Crippen LogP contribution is -2.22. The van der Waals surface area contributed by atoms with Crippen molar-refractivity contribution in [1.29, 1.82) is 0 Å². The maximum atomic E-state index is 12.1. The van der Waals surface area contributed by atoms with Gasteiger partial charge in [-0.3, -0.25) is 4.79 Å². The number of ether oxygens (including phenoxy) is 2. The Morgan fingerprint density at radius 1 is 1.35 bits per heavy atom. The average Bonchev–Trinajstić information content (AvgIpc) is 2.92. The fourth-order valence-electron chi connectivity index (χ4n) is 2.59. The van der Waals surface area contributed by atoms with E-state index in [1.807, 2.05) is 0 Å². The second-order valence-electron chi connectivity index (χ2n) is 5.39. The summed E-state index contributed by atoms with van der Waals surface area (Å²) in [6, 6.07) is 5.14. The Balaban J connectivity index is 1.66. The summed E-state index contributed by atoms with van der Waals surface area (Å²) in [5, 5.41) is 4.25. The minimum atomic E-state index is -0.214. The number of rotatable bonds is 2. The van der Waals surface area contributed by atoms with Crippen LogP contribution in [0.4, 0.5) is 0 Å². The zero-order chi connectivity index (χ0) is 13.9. The van der Waals surface area contributed by atoms with Crippen molar-refractivity contribution in [3.05, 3.63) is 23.8 Å². The molecule has 0 saturated heterocycles. The van der Waals surface area contributed by atoms with Gasteiger partial charge in [0.25, 0.3) is 5.91 Å². The van der Waals surface area contributed by atoms with Crippen molar-refractivity contribution in [2.45, 2.75) is 32.6 Å². The topological polar surface area (TPSA) is 59.9 Å². The normalized spacial score (nSPS) is 22.9. The highest BCUT2D eigenvalue weighted by atomic mass is 16.7. The molecule has 1 saturated carbocycles. The molecule has 0 aromatic heterocycles. The van der Waals surface area contributed by atoms with Crippen LogP contribution in [0.15, 0.2) is 23.3 Å². The molecule has 5 nitrogen and oxygen atoms in total. The van der Waals surface area contributed by atoms with E-state index in [2.05, 4.69) is 17.5 Å². The first-order valence-electron chi connectivity index (χ1n) is 6.98. The molecule has 1 unspecified atom stereocenters. The minimum Gasteiger partial charge on any atom is -0.454 e. The molecule has 1 fully saturated rings. The van der Waals surface area contributed by atoms with Crippen LogP contribution in [0, 0.1) is 5.92 Å². The lowest BCUT2D eigenvalue weighted by atomic mass is 9.89. The number of carbonyl (C=O) groups excluding carboxylic acids is 1. The van der Waals surface area contributed by atoms with E-state index in [9.17, 15) is 4.79 Å². The van der Waals surface area contributed by atoms with Crippen LogP contribution < -0.4 is 14.9 Å². The van der Waals surface area contributed by atoms with E-state index in [0.717, 1.165) is 25.0 Å². The number of nitrogens with one attached hydrogen (secondary N) is 1. The van der Waals surface area contributed by atoms with E-state index >= 15 is 0 Å². The van der Waals surface area contributed by atoms with Crippen molar-refractivity contribution >= 4 is 11.6 Å². The van der Waals surface area contributed by atoms with Crippen molar-refractivity contribution in [3.8, 4) is 11.5 Å². The number of hydrogen-bond donors (Lipinski definition) is 1. The Labute approximate surface area is 118 Å². The molecule has 5 heteroatoms. The molecule has 1 aromatic rings. The molecule has 0 bridgehead atoms. The van der Waals surface area contributed by atoms with Crippen molar-refractivity contribution in [2.24, 2.45) is 11.0 Å². The third-order valence-corrected chi connectivity index (χ3v) is 3.70. The minimum absolute atomic E-state index is 0.209. The second-order valence-corrected chi connectivity index (χ2v) is 5.39. The molecule has 1 heterocycles. The molecule has 1 amide bonds. The van der Waals surface area contributed by atoms with E-state index in [0.29, 0.717) is 23.0 Å².